The van der Waals surface area contributed by atoms with Gasteiger partial charge in [0.15, 0.2) is 0 Å². The van der Waals surface area contributed by atoms with Gasteiger partial charge in [-0.1, -0.05) is 18.2 Å². The molecule has 140 valence electrons. The number of hydrogen-bond donors (Lipinski definition) is 2. The molecule has 2 rings (SSSR count). The molecule has 0 spiro atoms. The van der Waals surface area contributed by atoms with E-state index in [1.807, 2.05) is 17.5 Å². The summed E-state index contributed by atoms with van der Waals surface area (Å²) in [6.45, 7) is 5.65. The van der Waals surface area contributed by atoms with Crippen molar-refractivity contribution in [1.82, 2.24) is 5.32 Å². The fourth-order valence-electron chi connectivity index (χ4n) is 2.16. The fraction of sp³-hybridized carbons (Fsp3) is 0.368. The van der Waals surface area contributed by atoms with Crippen LogP contribution in [0.15, 0.2) is 41.8 Å². The summed E-state index contributed by atoms with van der Waals surface area (Å²) in [6, 6.07) is 10.1. The highest BCUT2D eigenvalue weighted by Gasteiger charge is 2.24. The van der Waals surface area contributed by atoms with Crippen LogP contribution in [0.2, 0.25) is 0 Å². The predicted molar refractivity (Wildman–Crippen MR) is 99.6 cm³/mol. The molecule has 1 aromatic carbocycles. The van der Waals surface area contributed by atoms with Gasteiger partial charge < -0.3 is 19.9 Å². The quantitative estimate of drug-likeness (QED) is 0.766. The molecule has 0 fully saturated rings. The number of thiophene rings is 1. The molecule has 7 heteroatoms. The largest absolute Gasteiger partial charge is 0.488 e. The number of carbonyl (C=O) groups excluding carboxylic acids is 1. The van der Waals surface area contributed by atoms with E-state index in [1.54, 1.807) is 56.4 Å². The predicted octanol–water partition coefficient (Wildman–Crippen LogP) is 3.85. The number of carbonyl (C=O) groups is 2. The molecule has 0 aliphatic heterocycles. The molecule has 0 saturated heterocycles. The average molecular weight is 377 g/mol. The number of carboxylic acids is 1. The Morgan fingerprint density at radius 1 is 1.19 bits per heavy atom. The second-order valence-electron chi connectivity index (χ2n) is 6.75. The summed E-state index contributed by atoms with van der Waals surface area (Å²) in [5, 5.41) is 13.7. The highest BCUT2D eigenvalue weighted by atomic mass is 32.1. The molecule has 26 heavy (non-hydrogen) atoms. The standard InChI is InChI=1S/C19H23NO5S/c1-19(2,3)25-18(23)20-16(17(21)22)11-13-6-8-14(9-7-13)24-12-15-5-4-10-26-15/h4-10,16H,11-12H2,1-3H3,(H,20,23)(H,21,22). The van der Waals surface area contributed by atoms with E-state index in [4.69, 9.17) is 9.47 Å². The van der Waals surface area contributed by atoms with Crippen molar-refractivity contribution in [2.75, 3.05) is 0 Å². The highest BCUT2D eigenvalue weighted by Crippen LogP contribution is 2.17. The minimum absolute atomic E-state index is 0.153. The maximum atomic E-state index is 11.8. The van der Waals surface area contributed by atoms with Crippen LogP contribution < -0.4 is 10.1 Å². The molecule has 6 nitrogen and oxygen atoms in total. The van der Waals surface area contributed by atoms with Crippen LogP contribution in [0.4, 0.5) is 4.79 Å². The Labute approximate surface area is 156 Å². The van der Waals surface area contributed by atoms with Gasteiger partial charge in [0, 0.05) is 11.3 Å². The van der Waals surface area contributed by atoms with Crippen LogP contribution in [0.1, 0.15) is 31.2 Å². The van der Waals surface area contributed by atoms with E-state index in [1.165, 1.54) is 0 Å². The molecule has 1 unspecified atom stereocenters. The van der Waals surface area contributed by atoms with E-state index in [0.29, 0.717) is 12.4 Å². The maximum absolute atomic E-state index is 11.8. The zero-order chi connectivity index (χ0) is 19.2. The second-order valence-corrected chi connectivity index (χ2v) is 7.79. The zero-order valence-electron chi connectivity index (χ0n) is 15.0. The third-order valence-electron chi connectivity index (χ3n) is 3.31. The van der Waals surface area contributed by atoms with Crippen molar-refractivity contribution in [1.29, 1.82) is 0 Å². The van der Waals surface area contributed by atoms with Crippen LogP contribution in [0.25, 0.3) is 0 Å². The Bertz CT molecular complexity index is 719. The minimum atomic E-state index is -1.12. The lowest BCUT2D eigenvalue weighted by molar-refractivity contribution is -0.139. The summed E-state index contributed by atoms with van der Waals surface area (Å²) in [4.78, 5) is 24.3. The van der Waals surface area contributed by atoms with Crippen molar-refractivity contribution in [2.45, 2.75) is 45.4 Å². The summed E-state index contributed by atoms with van der Waals surface area (Å²) >= 11 is 1.62. The van der Waals surface area contributed by atoms with Crippen molar-refractivity contribution in [3.05, 3.63) is 52.2 Å². The normalized spacial score (nSPS) is 12.3. The van der Waals surface area contributed by atoms with Gasteiger partial charge in [0.2, 0.25) is 0 Å². The van der Waals surface area contributed by atoms with Gasteiger partial charge >= 0.3 is 12.1 Å². The monoisotopic (exact) mass is 377 g/mol. The van der Waals surface area contributed by atoms with Crippen molar-refractivity contribution in [3.63, 3.8) is 0 Å². The summed E-state index contributed by atoms with van der Waals surface area (Å²) in [5.41, 5.74) is 0.0891. The molecule has 0 aliphatic rings. The van der Waals surface area contributed by atoms with Gasteiger partial charge in [-0.15, -0.1) is 11.3 Å². The Hall–Kier alpha value is -2.54. The first-order chi connectivity index (χ1) is 12.2. The molecular formula is C19H23NO5S. The Kier molecular flexibility index (Phi) is 6.63. The van der Waals surface area contributed by atoms with Gasteiger partial charge in [0.05, 0.1) is 0 Å². The van der Waals surface area contributed by atoms with Crippen LogP contribution >= 0.6 is 11.3 Å². The number of carboxylic acid groups (broad SMARTS) is 1. The Morgan fingerprint density at radius 3 is 2.42 bits per heavy atom. The van der Waals surface area contributed by atoms with Gasteiger partial charge in [-0.2, -0.15) is 0 Å². The Morgan fingerprint density at radius 2 is 1.88 bits per heavy atom. The lowest BCUT2D eigenvalue weighted by atomic mass is 10.1. The molecule has 1 atom stereocenters. The number of alkyl carbamates (subject to hydrolysis) is 1. The van der Waals surface area contributed by atoms with Gasteiger partial charge in [-0.25, -0.2) is 9.59 Å². The second kappa shape index (κ2) is 8.71. The number of ether oxygens (including phenoxy) is 2. The third-order valence-corrected chi connectivity index (χ3v) is 4.16. The smallest absolute Gasteiger partial charge is 0.408 e. The summed E-state index contributed by atoms with van der Waals surface area (Å²) < 4.78 is 10.8. The van der Waals surface area contributed by atoms with Gasteiger partial charge in [-0.05, 0) is 49.9 Å². The lowest BCUT2D eigenvalue weighted by Crippen LogP contribution is -2.44. The maximum Gasteiger partial charge on any atom is 0.408 e. The number of amides is 1. The van der Waals surface area contributed by atoms with Crippen molar-refractivity contribution >= 4 is 23.4 Å². The molecule has 1 aromatic heterocycles. The fourth-order valence-corrected chi connectivity index (χ4v) is 2.77. The minimum Gasteiger partial charge on any atom is -0.488 e. The summed E-state index contributed by atoms with van der Waals surface area (Å²) in [5.74, 6) is -0.414. The van der Waals surface area contributed by atoms with E-state index in [2.05, 4.69) is 5.32 Å². The van der Waals surface area contributed by atoms with E-state index in [0.717, 1.165) is 10.4 Å². The van der Waals surface area contributed by atoms with Crippen LogP contribution in [-0.2, 0) is 22.6 Å². The number of hydrogen-bond acceptors (Lipinski definition) is 5. The van der Waals surface area contributed by atoms with E-state index in [-0.39, 0.29) is 6.42 Å². The number of benzene rings is 1. The molecule has 0 radical (unpaired) electrons. The van der Waals surface area contributed by atoms with E-state index >= 15 is 0 Å². The molecule has 0 bridgehead atoms. The SMILES string of the molecule is CC(C)(C)OC(=O)NC(Cc1ccc(OCc2cccs2)cc1)C(=O)O. The summed E-state index contributed by atoms with van der Waals surface area (Å²) in [7, 11) is 0. The Balaban J connectivity index is 1.91. The zero-order valence-corrected chi connectivity index (χ0v) is 15.8. The van der Waals surface area contributed by atoms with E-state index in [9.17, 15) is 14.7 Å². The lowest BCUT2D eigenvalue weighted by Gasteiger charge is -2.22. The number of nitrogens with one attached hydrogen (secondary N) is 1. The number of rotatable bonds is 7. The highest BCUT2D eigenvalue weighted by molar-refractivity contribution is 7.09. The van der Waals surface area contributed by atoms with Crippen molar-refractivity contribution in [3.8, 4) is 5.75 Å². The average Bonchev–Trinajstić information content (AvgIpc) is 3.05. The molecule has 0 aliphatic carbocycles. The van der Waals surface area contributed by atoms with Crippen LogP contribution in [0.5, 0.6) is 5.75 Å². The van der Waals surface area contributed by atoms with Crippen LogP contribution in [-0.4, -0.2) is 28.8 Å². The van der Waals surface area contributed by atoms with E-state index < -0.39 is 23.7 Å². The van der Waals surface area contributed by atoms with Crippen LogP contribution in [0, 0.1) is 0 Å². The first kappa shape index (κ1) is 19.8. The summed E-state index contributed by atoms with van der Waals surface area (Å²) in [6.07, 6.45) is -0.597. The first-order valence-corrected chi connectivity index (χ1v) is 9.07. The third kappa shape index (κ3) is 6.76. The number of aliphatic carboxylic acids is 1. The van der Waals surface area contributed by atoms with Crippen LogP contribution in [0.3, 0.4) is 0 Å². The molecule has 1 amide bonds. The molecular weight excluding hydrogens is 354 g/mol. The first-order valence-electron chi connectivity index (χ1n) is 8.19. The van der Waals surface area contributed by atoms with Crippen molar-refractivity contribution in [2.24, 2.45) is 0 Å². The topological polar surface area (TPSA) is 84.9 Å². The molecule has 1 heterocycles. The molecule has 0 saturated carbocycles. The van der Waals surface area contributed by atoms with Gasteiger partial charge in [-0.3, -0.25) is 0 Å². The van der Waals surface area contributed by atoms with Gasteiger partial charge in [0.25, 0.3) is 0 Å². The molecule has 2 N–H and O–H groups in total. The van der Waals surface area contributed by atoms with Gasteiger partial charge in [0.1, 0.15) is 24.0 Å². The molecule has 2 aromatic rings. The van der Waals surface area contributed by atoms with Crippen molar-refractivity contribution < 1.29 is 24.2 Å².